The predicted octanol–water partition coefficient (Wildman–Crippen LogP) is 2.68. The van der Waals surface area contributed by atoms with Gasteiger partial charge in [0.05, 0.1) is 12.4 Å². The molecule has 0 radical (unpaired) electrons. The molecule has 0 N–H and O–H groups in total. The first-order valence-corrected chi connectivity index (χ1v) is 5.00. The Morgan fingerprint density at radius 2 is 2.23 bits per heavy atom. The van der Waals surface area contributed by atoms with E-state index in [9.17, 15) is 4.79 Å². The molecule has 0 aliphatic heterocycles. The van der Waals surface area contributed by atoms with Crippen LogP contribution in [0.4, 0.5) is 0 Å². The molecule has 2 heteroatoms. The summed E-state index contributed by atoms with van der Waals surface area (Å²) in [5.74, 6) is 0.461. The van der Waals surface area contributed by atoms with Crippen LogP contribution in [0.2, 0.25) is 0 Å². The van der Waals surface area contributed by atoms with Crippen LogP contribution < -0.4 is 0 Å². The lowest BCUT2D eigenvalue weighted by atomic mass is 9.86. The number of rotatable bonds is 2. The van der Waals surface area contributed by atoms with Gasteiger partial charge in [0.2, 0.25) is 0 Å². The molecule has 1 aliphatic carbocycles. The van der Waals surface area contributed by atoms with E-state index in [-0.39, 0.29) is 17.8 Å². The van der Waals surface area contributed by atoms with Gasteiger partial charge in [-0.3, -0.25) is 4.79 Å². The van der Waals surface area contributed by atoms with E-state index in [1.54, 1.807) is 6.26 Å². The monoisotopic (exact) mass is 182 g/mol. The third-order valence-corrected chi connectivity index (χ3v) is 2.33. The van der Waals surface area contributed by atoms with Crippen LogP contribution in [0.15, 0.2) is 11.8 Å². The van der Waals surface area contributed by atoms with Gasteiger partial charge in [0, 0.05) is 11.5 Å². The van der Waals surface area contributed by atoms with Gasteiger partial charge < -0.3 is 4.74 Å². The van der Waals surface area contributed by atoms with E-state index in [0.717, 1.165) is 24.8 Å². The molecule has 1 atom stereocenters. The molecule has 0 aromatic heterocycles. The molecule has 1 saturated carbocycles. The highest BCUT2D eigenvalue weighted by Gasteiger charge is 2.22. The Bertz CT molecular complexity index is 216. The van der Waals surface area contributed by atoms with Crippen LogP contribution in [0.1, 0.15) is 40.0 Å². The Kier molecular flexibility index (Phi) is 3.52. The van der Waals surface area contributed by atoms with Gasteiger partial charge in [-0.1, -0.05) is 6.92 Å². The molecular weight excluding hydrogens is 164 g/mol. The summed E-state index contributed by atoms with van der Waals surface area (Å²) in [5, 5.41) is 0. The van der Waals surface area contributed by atoms with Crippen molar-refractivity contribution >= 4 is 5.78 Å². The van der Waals surface area contributed by atoms with Crippen LogP contribution in [0, 0.1) is 5.92 Å². The highest BCUT2D eigenvalue weighted by atomic mass is 16.5. The highest BCUT2D eigenvalue weighted by molar-refractivity contribution is 5.97. The Labute approximate surface area is 80.0 Å². The van der Waals surface area contributed by atoms with Crippen LogP contribution in [0.5, 0.6) is 0 Å². The zero-order chi connectivity index (χ0) is 9.84. The lowest BCUT2D eigenvalue weighted by molar-refractivity contribution is -0.120. The van der Waals surface area contributed by atoms with Crippen molar-refractivity contribution in [3.63, 3.8) is 0 Å². The maximum Gasteiger partial charge on any atom is 0.164 e. The third-order valence-electron chi connectivity index (χ3n) is 2.33. The fourth-order valence-corrected chi connectivity index (χ4v) is 1.50. The van der Waals surface area contributed by atoms with E-state index >= 15 is 0 Å². The molecule has 0 amide bonds. The number of hydrogen-bond donors (Lipinski definition) is 0. The first kappa shape index (κ1) is 10.3. The van der Waals surface area contributed by atoms with Crippen molar-refractivity contribution in [1.82, 2.24) is 0 Å². The normalized spacial score (nSPS) is 26.9. The molecule has 0 spiro atoms. The summed E-state index contributed by atoms with van der Waals surface area (Å²) in [7, 11) is 0. The second kappa shape index (κ2) is 4.45. The molecular formula is C11H18O2. The van der Waals surface area contributed by atoms with Crippen molar-refractivity contribution in [3.05, 3.63) is 11.8 Å². The molecule has 0 bridgehead atoms. The van der Waals surface area contributed by atoms with Crippen molar-refractivity contribution < 1.29 is 9.53 Å². The summed E-state index contributed by atoms with van der Waals surface area (Å²) >= 11 is 0. The minimum absolute atomic E-state index is 0.164. The summed E-state index contributed by atoms with van der Waals surface area (Å²) < 4.78 is 5.32. The van der Waals surface area contributed by atoms with Crippen LogP contribution in [-0.2, 0) is 9.53 Å². The maximum atomic E-state index is 11.6. The van der Waals surface area contributed by atoms with Gasteiger partial charge in [-0.2, -0.15) is 0 Å². The van der Waals surface area contributed by atoms with E-state index in [1.807, 2.05) is 20.8 Å². The van der Waals surface area contributed by atoms with Crippen LogP contribution in [0.25, 0.3) is 0 Å². The Balaban J connectivity index is 2.57. The minimum atomic E-state index is 0.164. The quantitative estimate of drug-likeness (QED) is 0.485. The predicted molar refractivity (Wildman–Crippen MR) is 52.3 cm³/mol. The molecule has 0 heterocycles. The van der Waals surface area contributed by atoms with Crippen molar-refractivity contribution in [2.24, 2.45) is 5.92 Å². The lowest BCUT2D eigenvalue weighted by Crippen LogP contribution is -2.19. The first-order valence-electron chi connectivity index (χ1n) is 5.00. The van der Waals surface area contributed by atoms with Gasteiger partial charge in [-0.05, 0) is 33.1 Å². The van der Waals surface area contributed by atoms with Gasteiger partial charge in [0.25, 0.3) is 0 Å². The van der Waals surface area contributed by atoms with Crippen molar-refractivity contribution in [2.45, 2.75) is 46.1 Å². The van der Waals surface area contributed by atoms with Crippen molar-refractivity contribution in [2.75, 3.05) is 0 Å². The first-order chi connectivity index (χ1) is 6.11. The molecule has 0 saturated heterocycles. The van der Waals surface area contributed by atoms with Crippen LogP contribution in [-0.4, -0.2) is 11.9 Å². The van der Waals surface area contributed by atoms with Gasteiger partial charge in [-0.25, -0.2) is 0 Å². The minimum Gasteiger partial charge on any atom is -0.498 e. The highest BCUT2D eigenvalue weighted by Crippen LogP contribution is 2.24. The fourth-order valence-electron chi connectivity index (χ4n) is 1.50. The Morgan fingerprint density at radius 3 is 2.85 bits per heavy atom. The largest absolute Gasteiger partial charge is 0.498 e. The standard InChI is InChI=1S/C11H18O2/c1-8(2)13-7-10-6-4-5-9(3)11(10)12/h7-9H,4-6H2,1-3H3/b10-7+. The van der Waals surface area contributed by atoms with Crippen LogP contribution in [0.3, 0.4) is 0 Å². The lowest BCUT2D eigenvalue weighted by Gasteiger charge is -2.19. The topological polar surface area (TPSA) is 26.3 Å². The second-order valence-electron chi connectivity index (χ2n) is 3.99. The van der Waals surface area contributed by atoms with E-state index in [1.165, 1.54) is 0 Å². The van der Waals surface area contributed by atoms with E-state index in [0.29, 0.717) is 0 Å². The number of carbonyl (C=O) groups excluding carboxylic acids is 1. The average molecular weight is 182 g/mol. The van der Waals surface area contributed by atoms with E-state index in [4.69, 9.17) is 4.74 Å². The number of ketones is 1. The van der Waals surface area contributed by atoms with Crippen molar-refractivity contribution in [3.8, 4) is 0 Å². The zero-order valence-corrected chi connectivity index (χ0v) is 8.67. The van der Waals surface area contributed by atoms with E-state index < -0.39 is 0 Å². The van der Waals surface area contributed by atoms with E-state index in [2.05, 4.69) is 0 Å². The summed E-state index contributed by atoms with van der Waals surface area (Å²) in [4.78, 5) is 11.6. The summed E-state index contributed by atoms with van der Waals surface area (Å²) in [6, 6.07) is 0. The molecule has 0 aromatic rings. The maximum absolute atomic E-state index is 11.6. The zero-order valence-electron chi connectivity index (χ0n) is 8.67. The number of ether oxygens (including phenoxy) is 1. The number of Topliss-reactive ketones (excluding diaryl/α,β-unsaturated/α-hetero) is 1. The van der Waals surface area contributed by atoms with Gasteiger partial charge >= 0.3 is 0 Å². The fraction of sp³-hybridized carbons (Fsp3) is 0.727. The van der Waals surface area contributed by atoms with Crippen LogP contribution >= 0.6 is 0 Å². The molecule has 13 heavy (non-hydrogen) atoms. The van der Waals surface area contributed by atoms with Gasteiger partial charge in [0.1, 0.15) is 0 Å². The Morgan fingerprint density at radius 1 is 1.54 bits per heavy atom. The van der Waals surface area contributed by atoms with Gasteiger partial charge in [0.15, 0.2) is 5.78 Å². The molecule has 1 aliphatic rings. The SMILES string of the molecule is CC(C)O/C=C1\CCCC(C)C1=O. The number of hydrogen-bond acceptors (Lipinski definition) is 2. The molecule has 1 unspecified atom stereocenters. The number of allylic oxidation sites excluding steroid dienone is 1. The number of carbonyl (C=O) groups is 1. The average Bonchev–Trinajstić information content (AvgIpc) is 2.07. The summed E-state index contributed by atoms with van der Waals surface area (Å²) in [6.07, 6.45) is 4.84. The summed E-state index contributed by atoms with van der Waals surface area (Å²) in [6.45, 7) is 5.92. The molecule has 1 fully saturated rings. The second-order valence-corrected chi connectivity index (χ2v) is 3.99. The van der Waals surface area contributed by atoms with Crippen molar-refractivity contribution in [1.29, 1.82) is 0 Å². The third kappa shape index (κ3) is 2.87. The molecule has 74 valence electrons. The van der Waals surface area contributed by atoms with Gasteiger partial charge in [-0.15, -0.1) is 0 Å². The molecule has 0 aromatic carbocycles. The molecule has 1 rings (SSSR count). The molecule has 2 nitrogen and oxygen atoms in total. The Hall–Kier alpha value is -0.790. The smallest absolute Gasteiger partial charge is 0.164 e. The summed E-state index contributed by atoms with van der Waals surface area (Å²) in [5.41, 5.74) is 0.868.